The van der Waals surface area contributed by atoms with Crippen molar-refractivity contribution in [3.63, 3.8) is 0 Å². The van der Waals surface area contributed by atoms with Crippen molar-refractivity contribution in [2.75, 3.05) is 19.7 Å². The summed E-state index contributed by atoms with van der Waals surface area (Å²) in [5, 5.41) is 0. The zero-order valence-electron chi connectivity index (χ0n) is 14.2. The van der Waals surface area contributed by atoms with E-state index in [-0.39, 0.29) is 5.91 Å². The molecule has 1 saturated heterocycles. The Bertz CT molecular complexity index is 658. The topological polar surface area (TPSA) is 55.6 Å². The zero-order chi connectivity index (χ0) is 16.8. The van der Waals surface area contributed by atoms with Crippen LogP contribution in [0.25, 0.3) is 11.3 Å². The highest BCUT2D eigenvalue weighted by molar-refractivity contribution is 5.76. The molecular weight excluding hydrogens is 304 g/mol. The summed E-state index contributed by atoms with van der Waals surface area (Å²) in [6.07, 6.45) is 6.19. The number of ether oxygens (including phenoxy) is 1. The summed E-state index contributed by atoms with van der Waals surface area (Å²) in [5.41, 5.74) is 0.958. The van der Waals surface area contributed by atoms with Crippen molar-refractivity contribution in [1.29, 1.82) is 0 Å². The molecule has 0 unspecified atom stereocenters. The van der Waals surface area contributed by atoms with Crippen LogP contribution in [-0.4, -0.2) is 35.5 Å². The lowest BCUT2D eigenvalue weighted by Gasteiger charge is -2.26. The van der Waals surface area contributed by atoms with Crippen molar-refractivity contribution in [2.45, 2.75) is 39.0 Å². The molecule has 24 heavy (non-hydrogen) atoms. The standard InChI is InChI=1S/C19H24N2O3/c1-2-23-16-8-6-15(7-9-16)17-14-20-18(24-17)10-11-19(22)21-12-4-3-5-13-21/h6-9,14H,2-5,10-13H2,1H3. The Kier molecular flexibility index (Phi) is 5.51. The Morgan fingerprint density at radius 1 is 1.21 bits per heavy atom. The van der Waals surface area contributed by atoms with Gasteiger partial charge in [0, 0.05) is 31.5 Å². The summed E-state index contributed by atoms with van der Waals surface area (Å²) in [5.74, 6) is 2.38. The maximum atomic E-state index is 12.2. The van der Waals surface area contributed by atoms with E-state index in [1.54, 1.807) is 6.20 Å². The molecule has 1 aliphatic rings. The van der Waals surface area contributed by atoms with Crippen LogP contribution in [0.1, 0.15) is 38.5 Å². The average molecular weight is 328 g/mol. The van der Waals surface area contributed by atoms with Crippen LogP contribution in [0.3, 0.4) is 0 Å². The normalized spacial score (nSPS) is 14.6. The van der Waals surface area contributed by atoms with Crippen LogP contribution in [-0.2, 0) is 11.2 Å². The van der Waals surface area contributed by atoms with Crippen LogP contribution in [0.15, 0.2) is 34.9 Å². The first-order valence-corrected chi connectivity index (χ1v) is 8.72. The summed E-state index contributed by atoms with van der Waals surface area (Å²) in [4.78, 5) is 18.4. The van der Waals surface area contributed by atoms with E-state index in [1.807, 2.05) is 36.1 Å². The molecule has 1 aromatic heterocycles. The van der Waals surface area contributed by atoms with Crippen LogP contribution >= 0.6 is 0 Å². The van der Waals surface area contributed by atoms with Gasteiger partial charge in [-0.15, -0.1) is 0 Å². The van der Waals surface area contributed by atoms with Gasteiger partial charge in [0.05, 0.1) is 12.8 Å². The molecule has 0 aliphatic carbocycles. The maximum absolute atomic E-state index is 12.2. The molecule has 2 aromatic rings. The first-order chi connectivity index (χ1) is 11.8. The van der Waals surface area contributed by atoms with Gasteiger partial charge in [0.2, 0.25) is 5.91 Å². The Balaban J connectivity index is 1.56. The number of aryl methyl sites for hydroxylation is 1. The van der Waals surface area contributed by atoms with Crippen LogP contribution in [0.5, 0.6) is 5.75 Å². The van der Waals surface area contributed by atoms with E-state index in [9.17, 15) is 4.79 Å². The van der Waals surface area contributed by atoms with Gasteiger partial charge in [-0.25, -0.2) is 4.98 Å². The Morgan fingerprint density at radius 3 is 2.67 bits per heavy atom. The number of carbonyl (C=O) groups excluding carboxylic acids is 1. The minimum atomic E-state index is 0.204. The van der Waals surface area contributed by atoms with Crippen molar-refractivity contribution in [3.05, 3.63) is 36.4 Å². The van der Waals surface area contributed by atoms with Crippen molar-refractivity contribution >= 4 is 5.91 Å². The molecule has 2 heterocycles. The second kappa shape index (κ2) is 7.99. The Labute approximate surface area is 142 Å². The average Bonchev–Trinajstić information content (AvgIpc) is 3.10. The molecule has 0 radical (unpaired) electrons. The van der Waals surface area contributed by atoms with Crippen molar-refractivity contribution in [1.82, 2.24) is 9.88 Å². The Morgan fingerprint density at radius 2 is 1.96 bits per heavy atom. The minimum absolute atomic E-state index is 0.204. The van der Waals surface area contributed by atoms with Gasteiger partial charge < -0.3 is 14.1 Å². The lowest BCUT2D eigenvalue weighted by Crippen LogP contribution is -2.35. The van der Waals surface area contributed by atoms with E-state index < -0.39 is 0 Å². The number of piperidine rings is 1. The molecule has 0 saturated carbocycles. The smallest absolute Gasteiger partial charge is 0.223 e. The summed E-state index contributed by atoms with van der Waals surface area (Å²) >= 11 is 0. The van der Waals surface area contributed by atoms with Crippen LogP contribution in [0.4, 0.5) is 0 Å². The predicted molar refractivity (Wildman–Crippen MR) is 91.9 cm³/mol. The lowest BCUT2D eigenvalue weighted by atomic mass is 10.1. The maximum Gasteiger partial charge on any atom is 0.223 e. The number of hydrogen-bond acceptors (Lipinski definition) is 4. The number of carbonyl (C=O) groups is 1. The third-order valence-electron chi connectivity index (χ3n) is 4.26. The number of likely N-dealkylation sites (tertiary alicyclic amines) is 1. The van der Waals surface area contributed by atoms with Crippen LogP contribution in [0.2, 0.25) is 0 Å². The van der Waals surface area contributed by atoms with E-state index in [2.05, 4.69) is 4.98 Å². The molecule has 0 bridgehead atoms. The van der Waals surface area contributed by atoms with Gasteiger partial charge in [-0.3, -0.25) is 4.79 Å². The van der Waals surface area contributed by atoms with Gasteiger partial charge >= 0.3 is 0 Å². The molecular formula is C19H24N2O3. The second-order valence-electron chi connectivity index (χ2n) is 6.02. The van der Waals surface area contributed by atoms with Crippen LogP contribution in [0, 0.1) is 0 Å². The fraction of sp³-hybridized carbons (Fsp3) is 0.474. The van der Waals surface area contributed by atoms with Crippen molar-refractivity contribution in [2.24, 2.45) is 0 Å². The van der Waals surface area contributed by atoms with Gasteiger partial charge in [-0.05, 0) is 50.5 Å². The van der Waals surface area contributed by atoms with E-state index >= 15 is 0 Å². The quantitative estimate of drug-likeness (QED) is 0.811. The molecule has 5 heteroatoms. The third kappa shape index (κ3) is 4.16. The SMILES string of the molecule is CCOc1ccc(-c2cnc(CCC(=O)N3CCCCC3)o2)cc1. The highest BCUT2D eigenvalue weighted by Crippen LogP contribution is 2.23. The van der Waals surface area contributed by atoms with E-state index in [4.69, 9.17) is 9.15 Å². The minimum Gasteiger partial charge on any atom is -0.494 e. The number of aromatic nitrogens is 1. The lowest BCUT2D eigenvalue weighted by molar-refractivity contribution is -0.132. The zero-order valence-corrected chi connectivity index (χ0v) is 14.2. The molecule has 128 valence electrons. The van der Waals surface area contributed by atoms with E-state index in [1.165, 1.54) is 6.42 Å². The van der Waals surface area contributed by atoms with Gasteiger partial charge in [-0.1, -0.05) is 0 Å². The van der Waals surface area contributed by atoms with Gasteiger partial charge in [0.15, 0.2) is 11.7 Å². The molecule has 0 spiro atoms. The molecule has 1 fully saturated rings. The molecule has 1 amide bonds. The Hall–Kier alpha value is -2.30. The summed E-state index contributed by atoms with van der Waals surface area (Å²) in [6.45, 7) is 4.39. The number of benzene rings is 1. The second-order valence-corrected chi connectivity index (χ2v) is 6.02. The summed E-state index contributed by atoms with van der Waals surface area (Å²) < 4.78 is 11.2. The van der Waals surface area contributed by atoms with Crippen molar-refractivity contribution in [3.8, 4) is 17.1 Å². The molecule has 3 rings (SSSR count). The van der Waals surface area contributed by atoms with Gasteiger partial charge in [0.1, 0.15) is 5.75 Å². The summed E-state index contributed by atoms with van der Waals surface area (Å²) in [7, 11) is 0. The molecule has 0 atom stereocenters. The van der Waals surface area contributed by atoms with E-state index in [0.29, 0.717) is 25.3 Å². The van der Waals surface area contributed by atoms with E-state index in [0.717, 1.165) is 43.0 Å². The first kappa shape index (κ1) is 16.6. The monoisotopic (exact) mass is 328 g/mol. The predicted octanol–water partition coefficient (Wildman–Crippen LogP) is 3.69. The molecule has 1 aromatic carbocycles. The third-order valence-corrected chi connectivity index (χ3v) is 4.26. The van der Waals surface area contributed by atoms with Gasteiger partial charge in [-0.2, -0.15) is 0 Å². The first-order valence-electron chi connectivity index (χ1n) is 8.72. The molecule has 1 aliphatic heterocycles. The largest absolute Gasteiger partial charge is 0.494 e. The molecule has 5 nitrogen and oxygen atoms in total. The van der Waals surface area contributed by atoms with Gasteiger partial charge in [0.25, 0.3) is 0 Å². The number of nitrogens with zero attached hydrogens (tertiary/aromatic N) is 2. The number of amides is 1. The highest BCUT2D eigenvalue weighted by atomic mass is 16.5. The van der Waals surface area contributed by atoms with Crippen LogP contribution < -0.4 is 4.74 Å². The summed E-state index contributed by atoms with van der Waals surface area (Å²) in [6, 6.07) is 7.74. The number of oxazole rings is 1. The fourth-order valence-corrected chi connectivity index (χ4v) is 2.96. The fourth-order valence-electron chi connectivity index (χ4n) is 2.96. The van der Waals surface area contributed by atoms with Crippen molar-refractivity contribution < 1.29 is 13.9 Å². The highest BCUT2D eigenvalue weighted by Gasteiger charge is 2.17. The number of rotatable bonds is 6. The molecule has 0 N–H and O–H groups in total. The number of hydrogen-bond donors (Lipinski definition) is 0.